The highest BCUT2D eigenvalue weighted by Crippen LogP contribution is 2.21. The number of aromatic nitrogens is 2. The molecule has 0 aliphatic carbocycles. The van der Waals surface area contributed by atoms with Crippen molar-refractivity contribution in [2.24, 2.45) is 7.05 Å². The third kappa shape index (κ3) is 5.00. The Hall–Kier alpha value is -2.09. The predicted octanol–water partition coefficient (Wildman–Crippen LogP) is 1.46. The number of benzene rings is 1. The van der Waals surface area contributed by atoms with Gasteiger partial charge in [-0.1, -0.05) is 18.2 Å². The van der Waals surface area contributed by atoms with E-state index >= 15 is 0 Å². The number of carbonyl (C=O) groups is 1. The lowest BCUT2D eigenvalue weighted by Crippen LogP contribution is -2.50. The van der Waals surface area contributed by atoms with Crippen LogP contribution in [-0.2, 0) is 18.4 Å². The molecule has 7 nitrogen and oxygen atoms in total. The van der Waals surface area contributed by atoms with E-state index in [-0.39, 0.29) is 24.4 Å². The van der Waals surface area contributed by atoms with E-state index in [1.165, 1.54) is 0 Å². The molecule has 0 saturated carbocycles. The van der Waals surface area contributed by atoms with Crippen molar-refractivity contribution in [1.82, 2.24) is 24.7 Å². The maximum atomic E-state index is 12.8. The van der Waals surface area contributed by atoms with Gasteiger partial charge in [0.1, 0.15) is 11.6 Å². The van der Waals surface area contributed by atoms with Gasteiger partial charge in [-0.3, -0.25) is 9.69 Å². The summed E-state index contributed by atoms with van der Waals surface area (Å²) in [5.74, 6) is 1.88. The quantitative estimate of drug-likeness (QED) is 0.805. The lowest BCUT2D eigenvalue weighted by atomic mass is 10.1. The van der Waals surface area contributed by atoms with Gasteiger partial charge in [-0.15, -0.1) is 12.4 Å². The van der Waals surface area contributed by atoms with Gasteiger partial charge in [-0.2, -0.15) is 0 Å². The first-order chi connectivity index (χ1) is 12.6. The van der Waals surface area contributed by atoms with Gasteiger partial charge in [0, 0.05) is 58.2 Å². The van der Waals surface area contributed by atoms with Crippen LogP contribution in [-0.4, -0.2) is 65.6 Å². The molecule has 148 valence electrons. The molecule has 1 unspecified atom stereocenters. The van der Waals surface area contributed by atoms with Gasteiger partial charge in [0.2, 0.25) is 5.91 Å². The molecule has 0 bridgehead atoms. The number of methoxy groups -OCH3 is 1. The lowest BCUT2D eigenvalue weighted by Gasteiger charge is -2.36. The number of likely N-dealkylation sites (N-methyl/N-ethyl adjacent to an activating group) is 1. The number of ether oxygens (including phenoxy) is 1. The maximum Gasteiger partial charge on any atom is 0.236 e. The van der Waals surface area contributed by atoms with Crippen molar-refractivity contribution in [3.05, 3.63) is 48.0 Å². The third-order valence-electron chi connectivity index (χ3n) is 4.87. The molecule has 1 aliphatic heterocycles. The zero-order chi connectivity index (χ0) is 18.5. The summed E-state index contributed by atoms with van der Waals surface area (Å²) in [6, 6.07) is 7.91. The largest absolute Gasteiger partial charge is 0.496 e. The smallest absolute Gasteiger partial charge is 0.236 e. The molecule has 1 aromatic carbocycles. The van der Waals surface area contributed by atoms with Gasteiger partial charge in [-0.25, -0.2) is 4.98 Å². The first-order valence-corrected chi connectivity index (χ1v) is 8.88. The summed E-state index contributed by atoms with van der Waals surface area (Å²) in [5.41, 5.74) is 1.01. The number of hydrogen-bond donors (Lipinski definition) is 1. The zero-order valence-electron chi connectivity index (χ0n) is 16.1. The Bertz CT molecular complexity index is 751. The first-order valence-electron chi connectivity index (χ1n) is 8.88. The normalized spacial score (nSPS) is 17.2. The van der Waals surface area contributed by atoms with E-state index in [1.807, 2.05) is 49.1 Å². The summed E-state index contributed by atoms with van der Waals surface area (Å²) in [6.45, 7) is 3.41. The van der Waals surface area contributed by atoms with Gasteiger partial charge in [0.15, 0.2) is 0 Å². The second kappa shape index (κ2) is 9.73. The molecular formula is C19H28ClN5O2. The molecule has 1 N–H and O–H groups in total. The van der Waals surface area contributed by atoms with Crippen LogP contribution in [0.2, 0.25) is 0 Å². The van der Waals surface area contributed by atoms with Crippen LogP contribution < -0.4 is 10.1 Å². The number of halogens is 1. The number of piperazine rings is 1. The fourth-order valence-corrected chi connectivity index (χ4v) is 3.36. The zero-order valence-corrected chi connectivity index (χ0v) is 16.9. The number of carbonyl (C=O) groups excluding carboxylic acids is 1. The number of rotatable bonds is 6. The number of para-hydroxylation sites is 1. The van der Waals surface area contributed by atoms with Gasteiger partial charge in [0.05, 0.1) is 19.7 Å². The number of aryl methyl sites for hydroxylation is 1. The van der Waals surface area contributed by atoms with Gasteiger partial charge < -0.3 is 19.5 Å². The van der Waals surface area contributed by atoms with Crippen molar-refractivity contribution >= 4 is 18.3 Å². The average molecular weight is 394 g/mol. The van der Waals surface area contributed by atoms with E-state index in [1.54, 1.807) is 18.2 Å². The highest BCUT2D eigenvalue weighted by molar-refractivity contribution is 5.85. The second-order valence-electron chi connectivity index (χ2n) is 6.65. The van der Waals surface area contributed by atoms with Crippen molar-refractivity contribution in [3.63, 3.8) is 0 Å². The Labute approximate surface area is 166 Å². The van der Waals surface area contributed by atoms with E-state index in [0.29, 0.717) is 13.1 Å². The molecule has 1 amide bonds. The van der Waals surface area contributed by atoms with Gasteiger partial charge in [-0.05, 0) is 6.07 Å². The summed E-state index contributed by atoms with van der Waals surface area (Å²) in [5, 5.41) is 3.40. The molecule has 27 heavy (non-hydrogen) atoms. The second-order valence-corrected chi connectivity index (χ2v) is 6.65. The Kier molecular flexibility index (Phi) is 7.65. The highest BCUT2D eigenvalue weighted by Gasteiger charge is 2.29. The van der Waals surface area contributed by atoms with Crippen LogP contribution in [0.15, 0.2) is 36.7 Å². The number of hydrogen-bond acceptors (Lipinski definition) is 5. The lowest BCUT2D eigenvalue weighted by molar-refractivity contribution is -0.132. The van der Waals surface area contributed by atoms with Crippen LogP contribution in [0.25, 0.3) is 0 Å². The minimum Gasteiger partial charge on any atom is -0.496 e. The molecule has 1 aromatic heterocycles. The molecule has 3 rings (SSSR count). The average Bonchev–Trinajstić information content (AvgIpc) is 3.08. The van der Waals surface area contributed by atoms with Crippen LogP contribution >= 0.6 is 12.4 Å². The minimum absolute atomic E-state index is 0. The molecule has 1 atom stereocenters. The molecular weight excluding hydrogens is 366 g/mol. The van der Waals surface area contributed by atoms with E-state index in [0.717, 1.165) is 36.8 Å². The Morgan fingerprint density at radius 3 is 2.89 bits per heavy atom. The standard InChI is InChI=1S/C19H27N5O2.ClH/c1-22-10-9-21-19(22)16-12-20-8-11-24(16)14-18(25)23(2)13-15-6-4-5-7-17(15)26-3;/h4-7,9-10,16,20H,8,11-14H2,1-3H3;1H. The predicted molar refractivity (Wildman–Crippen MR) is 107 cm³/mol. The Morgan fingerprint density at radius 2 is 2.19 bits per heavy atom. The minimum atomic E-state index is 0. The number of nitrogens with one attached hydrogen (secondary N) is 1. The summed E-state index contributed by atoms with van der Waals surface area (Å²) < 4.78 is 7.41. The molecule has 1 fully saturated rings. The maximum absolute atomic E-state index is 12.8. The van der Waals surface area contributed by atoms with Crippen molar-refractivity contribution in [2.75, 3.05) is 40.3 Å². The fourth-order valence-electron chi connectivity index (χ4n) is 3.36. The van der Waals surface area contributed by atoms with E-state index < -0.39 is 0 Å². The Morgan fingerprint density at radius 1 is 1.41 bits per heavy atom. The molecule has 2 aromatic rings. The first kappa shape index (κ1) is 21.2. The van der Waals surface area contributed by atoms with Crippen molar-refractivity contribution in [3.8, 4) is 5.75 Å². The van der Waals surface area contributed by atoms with Crippen LogP contribution in [0, 0.1) is 0 Å². The van der Waals surface area contributed by atoms with Gasteiger partial charge in [0.25, 0.3) is 0 Å². The summed E-state index contributed by atoms with van der Waals surface area (Å²) in [6.07, 6.45) is 3.75. The monoisotopic (exact) mass is 393 g/mol. The molecule has 8 heteroatoms. The third-order valence-corrected chi connectivity index (χ3v) is 4.87. The van der Waals surface area contributed by atoms with Crippen LogP contribution in [0.5, 0.6) is 5.75 Å². The van der Waals surface area contributed by atoms with E-state index in [4.69, 9.17) is 4.74 Å². The fraction of sp³-hybridized carbons (Fsp3) is 0.474. The summed E-state index contributed by atoms with van der Waals surface area (Å²) in [7, 11) is 5.48. The number of imidazole rings is 1. The van der Waals surface area contributed by atoms with Gasteiger partial charge >= 0.3 is 0 Å². The van der Waals surface area contributed by atoms with Crippen LogP contribution in [0.3, 0.4) is 0 Å². The molecule has 1 aliphatic rings. The van der Waals surface area contributed by atoms with Crippen LogP contribution in [0.4, 0.5) is 0 Å². The molecule has 1 saturated heterocycles. The topological polar surface area (TPSA) is 62.6 Å². The summed E-state index contributed by atoms with van der Waals surface area (Å²) >= 11 is 0. The molecule has 2 heterocycles. The molecule has 0 spiro atoms. The molecule has 0 radical (unpaired) electrons. The van der Waals surface area contributed by atoms with Crippen molar-refractivity contribution in [1.29, 1.82) is 0 Å². The van der Waals surface area contributed by atoms with E-state index in [9.17, 15) is 4.79 Å². The highest BCUT2D eigenvalue weighted by atomic mass is 35.5. The number of amides is 1. The van der Waals surface area contributed by atoms with Crippen molar-refractivity contribution < 1.29 is 9.53 Å². The van der Waals surface area contributed by atoms with Crippen molar-refractivity contribution in [2.45, 2.75) is 12.6 Å². The Balaban J connectivity index is 0.00000261. The number of nitrogens with zero attached hydrogens (tertiary/aromatic N) is 4. The SMILES string of the molecule is COc1ccccc1CN(C)C(=O)CN1CCNCC1c1nccn1C.Cl. The van der Waals surface area contributed by atoms with E-state index in [2.05, 4.69) is 15.2 Å². The summed E-state index contributed by atoms with van der Waals surface area (Å²) in [4.78, 5) is 21.3. The van der Waals surface area contributed by atoms with Crippen LogP contribution in [0.1, 0.15) is 17.4 Å².